The van der Waals surface area contributed by atoms with Gasteiger partial charge in [0.05, 0.1) is 22.8 Å². The van der Waals surface area contributed by atoms with Gasteiger partial charge in [-0.05, 0) is 42.8 Å². The molecule has 7 heteroatoms. The smallest absolute Gasteiger partial charge is 0.382 e. The Morgan fingerprint density at radius 2 is 1.77 bits per heavy atom. The first kappa shape index (κ1) is 15.9. The van der Waals surface area contributed by atoms with Gasteiger partial charge >= 0.3 is 5.95 Å². The van der Waals surface area contributed by atoms with E-state index in [-0.39, 0.29) is 11.8 Å². The lowest BCUT2D eigenvalue weighted by molar-refractivity contribution is -0.883. The van der Waals surface area contributed by atoms with Crippen LogP contribution in [-0.4, -0.2) is 19.7 Å². The van der Waals surface area contributed by atoms with Crippen LogP contribution in [0.5, 0.6) is 0 Å². The number of aryl methyl sites for hydroxylation is 2. The Morgan fingerprint density at radius 3 is 2.54 bits per heavy atom. The van der Waals surface area contributed by atoms with Crippen LogP contribution in [0.25, 0.3) is 16.9 Å². The molecule has 0 aliphatic carbocycles. The number of rotatable bonds is 3. The summed E-state index contributed by atoms with van der Waals surface area (Å²) in [4.78, 5) is 9.11. The highest BCUT2D eigenvalue weighted by Crippen LogP contribution is 2.22. The second kappa shape index (κ2) is 6.03. The van der Waals surface area contributed by atoms with E-state index in [9.17, 15) is 5.21 Å². The number of hydrogen-bond donors (Lipinski definition) is 3. The zero-order chi connectivity index (χ0) is 18.3. The van der Waals surface area contributed by atoms with Crippen molar-refractivity contribution in [1.82, 2.24) is 14.5 Å². The minimum absolute atomic E-state index is 0.168. The molecule has 0 bridgehead atoms. The first-order valence-corrected chi connectivity index (χ1v) is 8.23. The Morgan fingerprint density at radius 1 is 1.04 bits per heavy atom. The molecule has 0 fully saturated rings. The third kappa shape index (κ3) is 2.69. The molecular weight excluding hydrogens is 328 g/mol. The standard InChI is InChI=1S/C19H18N6O/c1-12-7-9-14(10-8-12)22-19-23-18(11-17(20)25(19)26)24-13(2)21-15-5-3-4-6-16(15)24/h3-11,26H,1-2H3,(H2,20,22,23)/p+1. The third-order valence-corrected chi connectivity index (χ3v) is 4.21. The van der Waals surface area contributed by atoms with Crippen molar-refractivity contribution in [3.05, 3.63) is 66.0 Å². The molecule has 2 heterocycles. The summed E-state index contributed by atoms with van der Waals surface area (Å²) in [6, 6.07) is 17.2. The van der Waals surface area contributed by atoms with Crippen LogP contribution in [0.1, 0.15) is 11.4 Å². The summed E-state index contributed by atoms with van der Waals surface area (Å²) in [6.45, 7) is 3.92. The number of aromatic nitrogens is 4. The number of benzene rings is 2. The average Bonchev–Trinajstić information content (AvgIpc) is 2.96. The molecule has 0 saturated heterocycles. The van der Waals surface area contributed by atoms with Crippen LogP contribution >= 0.6 is 0 Å². The largest absolute Gasteiger partial charge is 0.390 e. The van der Waals surface area contributed by atoms with Crippen molar-refractivity contribution in [2.75, 3.05) is 11.1 Å². The third-order valence-electron chi connectivity index (χ3n) is 4.21. The number of para-hydroxylation sites is 2. The molecule has 7 nitrogen and oxygen atoms in total. The van der Waals surface area contributed by atoms with E-state index in [1.165, 1.54) is 0 Å². The van der Waals surface area contributed by atoms with Gasteiger partial charge in [-0.1, -0.05) is 34.8 Å². The summed E-state index contributed by atoms with van der Waals surface area (Å²) in [7, 11) is 0. The summed E-state index contributed by atoms with van der Waals surface area (Å²) in [5.41, 5.74) is 9.75. The summed E-state index contributed by atoms with van der Waals surface area (Å²) in [5, 5.41) is 13.4. The number of anilines is 3. The molecule has 2 aromatic carbocycles. The van der Waals surface area contributed by atoms with Crippen LogP contribution in [0.2, 0.25) is 0 Å². The van der Waals surface area contributed by atoms with E-state index in [1.54, 1.807) is 6.07 Å². The Bertz CT molecular complexity index is 1100. The number of fused-ring (bicyclic) bond motifs is 1. The molecule has 0 aliphatic heterocycles. The van der Waals surface area contributed by atoms with Gasteiger partial charge in [-0.3, -0.25) is 9.88 Å². The molecule has 0 amide bonds. The van der Waals surface area contributed by atoms with Gasteiger partial charge in [0.25, 0.3) is 0 Å². The predicted molar refractivity (Wildman–Crippen MR) is 99.9 cm³/mol. The topological polar surface area (TPSA) is 92.9 Å². The molecule has 0 atom stereocenters. The van der Waals surface area contributed by atoms with E-state index in [0.29, 0.717) is 5.82 Å². The summed E-state index contributed by atoms with van der Waals surface area (Å²) < 4.78 is 2.74. The maximum atomic E-state index is 10.3. The molecule has 0 aliphatic rings. The first-order valence-electron chi connectivity index (χ1n) is 8.23. The van der Waals surface area contributed by atoms with Gasteiger partial charge in [0.15, 0.2) is 0 Å². The molecule has 26 heavy (non-hydrogen) atoms. The van der Waals surface area contributed by atoms with Gasteiger partial charge in [0.1, 0.15) is 5.82 Å². The van der Waals surface area contributed by atoms with Crippen LogP contribution in [0, 0.1) is 13.8 Å². The zero-order valence-corrected chi connectivity index (χ0v) is 14.5. The lowest BCUT2D eigenvalue weighted by Gasteiger charge is -2.08. The van der Waals surface area contributed by atoms with Crippen molar-refractivity contribution in [3.8, 4) is 5.82 Å². The van der Waals surface area contributed by atoms with Gasteiger partial charge < -0.3 is 10.9 Å². The van der Waals surface area contributed by atoms with Gasteiger partial charge in [0, 0.05) is 0 Å². The number of nitrogens with zero attached hydrogens (tertiary/aromatic N) is 4. The van der Waals surface area contributed by atoms with E-state index in [0.717, 1.165) is 32.8 Å². The molecule has 0 spiro atoms. The maximum Gasteiger partial charge on any atom is 0.390 e. The molecule has 130 valence electrons. The van der Waals surface area contributed by atoms with E-state index < -0.39 is 0 Å². The molecule has 0 unspecified atom stereocenters. The van der Waals surface area contributed by atoms with Gasteiger partial charge in [0.2, 0.25) is 11.6 Å². The fourth-order valence-corrected chi connectivity index (χ4v) is 2.90. The number of nitrogens with two attached hydrogens (primary N) is 1. The van der Waals surface area contributed by atoms with Crippen LogP contribution < -0.4 is 15.8 Å². The van der Waals surface area contributed by atoms with Crippen molar-refractivity contribution in [2.24, 2.45) is 0 Å². The van der Waals surface area contributed by atoms with Gasteiger partial charge in [-0.2, -0.15) is 0 Å². The van der Waals surface area contributed by atoms with Crippen LogP contribution in [0.4, 0.5) is 17.5 Å². The fraction of sp³-hybridized carbons (Fsp3) is 0.105. The minimum Gasteiger partial charge on any atom is -0.382 e. The highest BCUT2D eigenvalue weighted by molar-refractivity contribution is 5.78. The zero-order valence-electron chi connectivity index (χ0n) is 14.5. The van der Waals surface area contributed by atoms with Crippen molar-refractivity contribution >= 4 is 28.5 Å². The fourth-order valence-electron chi connectivity index (χ4n) is 2.90. The normalized spacial score (nSPS) is 11.0. The second-order valence-electron chi connectivity index (χ2n) is 6.15. The Labute approximate surface area is 150 Å². The summed E-state index contributed by atoms with van der Waals surface area (Å²) in [5.74, 6) is 1.76. The first-order chi connectivity index (χ1) is 12.5. The molecule has 4 rings (SSSR count). The summed E-state index contributed by atoms with van der Waals surface area (Å²) in [6.07, 6.45) is 0. The number of hydrogen-bond acceptors (Lipinski definition) is 5. The van der Waals surface area contributed by atoms with E-state index in [4.69, 9.17) is 5.73 Å². The quantitative estimate of drug-likeness (QED) is 0.391. The Kier molecular flexibility index (Phi) is 3.69. The van der Waals surface area contributed by atoms with E-state index in [2.05, 4.69) is 15.3 Å². The molecule has 2 aromatic heterocycles. The summed E-state index contributed by atoms with van der Waals surface area (Å²) >= 11 is 0. The second-order valence-corrected chi connectivity index (χ2v) is 6.15. The van der Waals surface area contributed by atoms with Crippen molar-refractivity contribution in [1.29, 1.82) is 0 Å². The number of nitrogens with one attached hydrogen (secondary N) is 1. The monoisotopic (exact) mass is 347 g/mol. The van der Waals surface area contributed by atoms with E-state index in [1.807, 2.05) is 66.9 Å². The lowest BCUT2D eigenvalue weighted by atomic mass is 10.2. The highest BCUT2D eigenvalue weighted by Gasteiger charge is 2.20. The van der Waals surface area contributed by atoms with Crippen LogP contribution in [-0.2, 0) is 0 Å². The lowest BCUT2D eigenvalue weighted by Crippen LogP contribution is -2.38. The van der Waals surface area contributed by atoms with Crippen molar-refractivity contribution in [3.63, 3.8) is 0 Å². The average molecular weight is 347 g/mol. The number of imidazole rings is 1. The van der Waals surface area contributed by atoms with E-state index >= 15 is 0 Å². The molecule has 4 aromatic rings. The SMILES string of the molecule is Cc1ccc(Nc2nc(-n3c(C)nc4ccccc43)cc(N)[n+]2O)cc1. The molecule has 0 saturated carbocycles. The Hall–Kier alpha value is -3.61. The van der Waals surface area contributed by atoms with Crippen molar-refractivity contribution in [2.45, 2.75) is 13.8 Å². The Balaban J connectivity index is 1.84. The van der Waals surface area contributed by atoms with Crippen LogP contribution in [0.15, 0.2) is 54.6 Å². The number of nitrogen functional groups attached to an aromatic ring is 1. The molecule has 0 radical (unpaired) electrons. The molecule has 4 N–H and O–H groups in total. The highest BCUT2D eigenvalue weighted by atomic mass is 16.5. The molecular formula is C19H19N6O+. The van der Waals surface area contributed by atoms with Crippen molar-refractivity contribution < 1.29 is 9.94 Å². The van der Waals surface area contributed by atoms with Gasteiger partial charge in [-0.25, -0.2) is 4.98 Å². The predicted octanol–water partition coefficient (Wildman–Crippen LogP) is 2.89. The minimum atomic E-state index is 0.168. The maximum absolute atomic E-state index is 10.3. The van der Waals surface area contributed by atoms with Crippen LogP contribution in [0.3, 0.4) is 0 Å². The van der Waals surface area contributed by atoms with Gasteiger partial charge in [-0.15, -0.1) is 0 Å².